The number of β-lactam (4-membered cyclic amide) rings is 1. The minimum Gasteiger partial charge on any atom is -0.480 e. The highest BCUT2D eigenvalue weighted by atomic mass is 32.2. The standard InChI is InChI=1S/C15H17NO4S2/c1-2-4-8(10-5-3-6-21-10)12(17)11-13(18)16-9(15(19)20)7-22-14(11)16/h2-3,5-6,8-9,11-12,14,17H,1,4,7H2,(H,19,20)/t8-,9?,11?,12+,14?/m0/s1. The molecule has 0 radical (unpaired) electrons. The molecule has 1 aromatic heterocycles. The molecule has 2 aliphatic heterocycles. The predicted octanol–water partition coefficient (Wildman–Crippen LogP) is 1.75. The lowest BCUT2D eigenvalue weighted by Gasteiger charge is -2.46. The van der Waals surface area contributed by atoms with Gasteiger partial charge in [-0.15, -0.1) is 29.7 Å². The molecule has 1 amide bonds. The lowest BCUT2D eigenvalue weighted by molar-refractivity contribution is -0.167. The summed E-state index contributed by atoms with van der Waals surface area (Å²) in [6.45, 7) is 3.73. The number of aliphatic carboxylic acids is 1. The van der Waals surface area contributed by atoms with Crippen LogP contribution in [0, 0.1) is 5.92 Å². The van der Waals surface area contributed by atoms with Crippen LogP contribution in [-0.4, -0.2) is 50.3 Å². The first-order valence-electron chi connectivity index (χ1n) is 7.05. The maximum absolute atomic E-state index is 12.3. The summed E-state index contributed by atoms with van der Waals surface area (Å²) in [6, 6.07) is 3.11. The topological polar surface area (TPSA) is 77.8 Å². The number of fused-ring (bicyclic) bond motifs is 1. The zero-order valence-corrected chi connectivity index (χ0v) is 13.4. The van der Waals surface area contributed by atoms with Gasteiger partial charge < -0.3 is 15.1 Å². The van der Waals surface area contributed by atoms with Gasteiger partial charge in [-0.05, 0) is 17.9 Å². The molecule has 0 bridgehead atoms. The molecule has 1 aromatic rings. The highest BCUT2D eigenvalue weighted by Gasteiger charge is 2.59. The normalized spacial score (nSPS) is 29.6. The van der Waals surface area contributed by atoms with Crippen LogP contribution in [0.1, 0.15) is 17.2 Å². The molecule has 0 saturated carbocycles. The van der Waals surface area contributed by atoms with Gasteiger partial charge in [-0.1, -0.05) is 12.1 Å². The SMILES string of the molecule is C=CC[C@@H](c1cccs1)[C@@H](O)C1C(=O)N2C(C(=O)O)CSC12. The first-order valence-corrected chi connectivity index (χ1v) is 8.98. The third-order valence-corrected chi connectivity index (χ3v) is 6.65. The van der Waals surface area contributed by atoms with E-state index in [4.69, 9.17) is 5.11 Å². The fourth-order valence-electron chi connectivity index (χ4n) is 3.16. The fourth-order valence-corrected chi connectivity index (χ4v) is 5.62. The van der Waals surface area contributed by atoms with E-state index in [0.29, 0.717) is 12.2 Å². The Morgan fingerprint density at radius 1 is 1.59 bits per heavy atom. The number of aliphatic hydroxyl groups is 1. The molecule has 3 heterocycles. The molecule has 3 rings (SSSR count). The van der Waals surface area contributed by atoms with Crippen molar-refractivity contribution in [1.82, 2.24) is 4.90 Å². The van der Waals surface area contributed by atoms with Crippen LogP contribution in [0.25, 0.3) is 0 Å². The van der Waals surface area contributed by atoms with Crippen molar-refractivity contribution in [2.24, 2.45) is 5.92 Å². The van der Waals surface area contributed by atoms with Gasteiger partial charge in [0.15, 0.2) is 0 Å². The molecular weight excluding hydrogens is 322 g/mol. The summed E-state index contributed by atoms with van der Waals surface area (Å²) in [5.41, 5.74) is 0. The number of amides is 1. The van der Waals surface area contributed by atoms with Crippen molar-refractivity contribution in [2.45, 2.75) is 29.9 Å². The number of rotatable bonds is 6. The third kappa shape index (κ3) is 2.37. The van der Waals surface area contributed by atoms with Gasteiger partial charge in [0, 0.05) is 16.5 Å². The second-order valence-corrected chi connectivity index (χ2v) is 7.62. The van der Waals surface area contributed by atoms with E-state index in [1.54, 1.807) is 17.4 Å². The molecule has 5 nitrogen and oxygen atoms in total. The molecule has 2 saturated heterocycles. The van der Waals surface area contributed by atoms with E-state index in [-0.39, 0.29) is 17.2 Å². The van der Waals surface area contributed by atoms with Crippen LogP contribution in [0.15, 0.2) is 30.2 Å². The number of nitrogens with zero attached hydrogens (tertiary/aromatic N) is 1. The van der Waals surface area contributed by atoms with Gasteiger partial charge in [0.2, 0.25) is 5.91 Å². The number of allylic oxidation sites excluding steroid dienone is 1. The summed E-state index contributed by atoms with van der Waals surface area (Å²) >= 11 is 2.99. The summed E-state index contributed by atoms with van der Waals surface area (Å²) in [4.78, 5) is 25.9. The van der Waals surface area contributed by atoms with E-state index in [0.717, 1.165) is 4.88 Å². The van der Waals surface area contributed by atoms with Crippen LogP contribution >= 0.6 is 23.1 Å². The third-order valence-electron chi connectivity index (χ3n) is 4.28. The quantitative estimate of drug-likeness (QED) is 0.610. The Labute approximate surface area is 136 Å². The maximum Gasteiger partial charge on any atom is 0.327 e. The minimum atomic E-state index is -0.975. The second kappa shape index (κ2) is 6.06. The van der Waals surface area contributed by atoms with E-state index in [2.05, 4.69) is 6.58 Å². The van der Waals surface area contributed by atoms with E-state index in [1.165, 1.54) is 16.7 Å². The zero-order valence-electron chi connectivity index (χ0n) is 11.8. The Hall–Kier alpha value is -1.31. The van der Waals surface area contributed by atoms with E-state index in [9.17, 15) is 14.7 Å². The maximum atomic E-state index is 12.3. The molecule has 2 fully saturated rings. The van der Waals surface area contributed by atoms with Crippen LogP contribution in [0.4, 0.5) is 0 Å². The van der Waals surface area contributed by atoms with Gasteiger partial charge in [0.25, 0.3) is 0 Å². The zero-order chi connectivity index (χ0) is 15.9. The van der Waals surface area contributed by atoms with E-state index < -0.39 is 24.0 Å². The summed E-state index contributed by atoms with van der Waals surface area (Å²) in [7, 11) is 0. The number of carbonyl (C=O) groups is 2. The molecule has 3 unspecified atom stereocenters. The highest BCUT2D eigenvalue weighted by Crippen LogP contribution is 2.48. The Morgan fingerprint density at radius 2 is 2.36 bits per heavy atom. The first kappa shape index (κ1) is 15.6. The smallest absolute Gasteiger partial charge is 0.327 e. The van der Waals surface area contributed by atoms with Crippen molar-refractivity contribution in [2.75, 3.05) is 5.75 Å². The lowest BCUT2D eigenvalue weighted by atomic mass is 9.81. The van der Waals surface area contributed by atoms with Gasteiger partial charge in [0.05, 0.1) is 17.4 Å². The van der Waals surface area contributed by atoms with Crippen LogP contribution < -0.4 is 0 Å². The van der Waals surface area contributed by atoms with E-state index in [1.807, 2.05) is 17.5 Å². The molecule has 2 N–H and O–H groups in total. The molecule has 7 heteroatoms. The number of aliphatic hydroxyl groups excluding tert-OH is 1. The molecule has 2 aliphatic rings. The monoisotopic (exact) mass is 339 g/mol. The molecule has 118 valence electrons. The predicted molar refractivity (Wildman–Crippen MR) is 85.9 cm³/mol. The van der Waals surface area contributed by atoms with Gasteiger partial charge in [0.1, 0.15) is 6.04 Å². The van der Waals surface area contributed by atoms with E-state index >= 15 is 0 Å². The number of thioether (sulfide) groups is 1. The molecule has 0 aliphatic carbocycles. The van der Waals surface area contributed by atoms with Crippen LogP contribution in [-0.2, 0) is 9.59 Å². The Morgan fingerprint density at radius 3 is 2.95 bits per heavy atom. The van der Waals surface area contributed by atoms with Crippen LogP contribution in [0.5, 0.6) is 0 Å². The van der Waals surface area contributed by atoms with Crippen molar-refractivity contribution in [3.05, 3.63) is 35.0 Å². The summed E-state index contributed by atoms with van der Waals surface area (Å²) < 4.78 is 0. The van der Waals surface area contributed by atoms with Gasteiger partial charge in [-0.3, -0.25) is 4.79 Å². The molecule has 22 heavy (non-hydrogen) atoms. The summed E-state index contributed by atoms with van der Waals surface area (Å²) in [5.74, 6) is -1.53. The molecular formula is C15H17NO4S2. The fraction of sp³-hybridized carbons (Fsp3) is 0.467. The molecule has 0 aromatic carbocycles. The molecule has 5 atom stereocenters. The number of hydrogen-bond acceptors (Lipinski definition) is 5. The van der Waals surface area contributed by atoms with Crippen molar-refractivity contribution < 1.29 is 19.8 Å². The Kier molecular flexibility index (Phi) is 4.29. The highest BCUT2D eigenvalue weighted by molar-refractivity contribution is 8.00. The van der Waals surface area contributed by atoms with Crippen LogP contribution in [0.2, 0.25) is 0 Å². The summed E-state index contributed by atoms with van der Waals surface area (Å²) in [5, 5.41) is 21.6. The average Bonchev–Trinajstić information content (AvgIpc) is 3.11. The number of carboxylic acid groups (broad SMARTS) is 1. The Bertz CT molecular complexity index is 588. The Balaban J connectivity index is 1.78. The first-order chi connectivity index (χ1) is 10.6. The number of carboxylic acids is 1. The van der Waals surface area contributed by atoms with Crippen LogP contribution in [0.3, 0.4) is 0 Å². The van der Waals surface area contributed by atoms with Gasteiger partial charge in [-0.2, -0.15) is 0 Å². The number of thiophene rings is 1. The molecule has 0 spiro atoms. The van der Waals surface area contributed by atoms with Crippen molar-refractivity contribution >= 4 is 35.0 Å². The minimum absolute atomic E-state index is 0.168. The van der Waals surface area contributed by atoms with Gasteiger partial charge in [-0.25, -0.2) is 4.79 Å². The van der Waals surface area contributed by atoms with Crippen molar-refractivity contribution in [1.29, 1.82) is 0 Å². The number of hydrogen-bond donors (Lipinski definition) is 2. The van der Waals surface area contributed by atoms with Crippen molar-refractivity contribution in [3.63, 3.8) is 0 Å². The largest absolute Gasteiger partial charge is 0.480 e. The lowest BCUT2D eigenvalue weighted by Crippen LogP contribution is -2.65. The second-order valence-electron chi connectivity index (χ2n) is 5.49. The number of carbonyl (C=O) groups excluding carboxylic acids is 1. The van der Waals surface area contributed by atoms with Crippen molar-refractivity contribution in [3.8, 4) is 0 Å². The van der Waals surface area contributed by atoms with Gasteiger partial charge >= 0.3 is 5.97 Å². The average molecular weight is 339 g/mol. The summed E-state index contributed by atoms with van der Waals surface area (Å²) in [6.07, 6.45) is 1.52.